The van der Waals surface area contributed by atoms with Crippen molar-refractivity contribution in [3.63, 3.8) is 0 Å². The molecule has 4 heterocycles. The van der Waals surface area contributed by atoms with Crippen molar-refractivity contribution in [2.45, 2.75) is 119 Å². The molecular formula is C38H48N6O8S. The Morgan fingerprint density at radius 3 is 2.58 bits per heavy atom. The van der Waals surface area contributed by atoms with Crippen LogP contribution in [0.1, 0.15) is 100 Å². The molecule has 4 N–H and O–H groups in total. The normalized spacial score (nSPS) is 29.8. The van der Waals surface area contributed by atoms with Gasteiger partial charge in [-0.25, -0.2) is 13.4 Å². The highest BCUT2D eigenvalue weighted by Crippen LogP contribution is 2.46. The second kappa shape index (κ2) is 15.4. The van der Waals surface area contributed by atoms with Crippen LogP contribution in [0.15, 0.2) is 42.5 Å². The van der Waals surface area contributed by atoms with Crippen LogP contribution in [0, 0.1) is 5.92 Å². The molecule has 0 unspecified atom stereocenters. The number of fused-ring (bicyclic) bond motifs is 4. The van der Waals surface area contributed by atoms with E-state index in [4.69, 9.17) is 4.74 Å². The Bertz CT molecular complexity index is 1910. The molecule has 0 spiro atoms. The first-order valence-corrected chi connectivity index (χ1v) is 20.6. The van der Waals surface area contributed by atoms with E-state index < -0.39 is 68.5 Å². The molecule has 5 aliphatic rings. The SMILES string of the molecule is O=C1CCCCCCOc2cccc3ccc(nc23)C(=O)N[C@@H]2C[C@H]3C(=O)N[C@]4(C(=O)NS(=O)(=O)C5CC5)C[C@H]4/C=C\CCCCC[C@H](N1)C(=O)N3C2. The van der Waals surface area contributed by atoms with Gasteiger partial charge in [-0.3, -0.25) is 28.7 Å². The number of carbonyl (C=O) groups excluding carboxylic acids is 5. The number of amides is 5. The van der Waals surface area contributed by atoms with Gasteiger partial charge in [0.25, 0.3) is 11.8 Å². The molecule has 2 saturated carbocycles. The molecule has 14 nitrogen and oxygen atoms in total. The number of sulfonamides is 1. The van der Waals surface area contributed by atoms with E-state index in [9.17, 15) is 32.4 Å². The van der Waals surface area contributed by atoms with Gasteiger partial charge in [-0.15, -0.1) is 0 Å². The van der Waals surface area contributed by atoms with Gasteiger partial charge in [0.1, 0.15) is 34.6 Å². The van der Waals surface area contributed by atoms with Gasteiger partial charge in [0.15, 0.2) is 0 Å². The number of pyridine rings is 1. The van der Waals surface area contributed by atoms with Crippen molar-refractivity contribution in [2.24, 2.45) is 5.92 Å². The number of hydrogen-bond donors (Lipinski definition) is 4. The highest BCUT2D eigenvalue weighted by atomic mass is 32.2. The van der Waals surface area contributed by atoms with Crippen LogP contribution in [0.25, 0.3) is 10.9 Å². The molecule has 0 radical (unpaired) electrons. The Morgan fingerprint density at radius 1 is 0.943 bits per heavy atom. The molecule has 2 aliphatic carbocycles. The van der Waals surface area contributed by atoms with Crippen molar-refractivity contribution in [3.05, 3.63) is 48.2 Å². The summed E-state index contributed by atoms with van der Waals surface area (Å²) in [5.41, 5.74) is -0.811. The zero-order valence-electron chi connectivity index (χ0n) is 29.8. The summed E-state index contributed by atoms with van der Waals surface area (Å²) >= 11 is 0. The zero-order valence-corrected chi connectivity index (χ0v) is 30.6. The highest BCUT2D eigenvalue weighted by molar-refractivity contribution is 7.91. The first kappa shape index (κ1) is 36.8. The molecule has 284 valence electrons. The van der Waals surface area contributed by atoms with Crippen molar-refractivity contribution in [1.29, 1.82) is 0 Å². The summed E-state index contributed by atoms with van der Waals surface area (Å²) in [4.78, 5) is 75.3. The number of aromatic nitrogens is 1. The lowest BCUT2D eigenvalue weighted by atomic mass is 10.0. The molecule has 7 rings (SSSR count). The fourth-order valence-electron chi connectivity index (χ4n) is 7.72. The van der Waals surface area contributed by atoms with Crippen LogP contribution in [0.2, 0.25) is 0 Å². The van der Waals surface area contributed by atoms with E-state index in [0.717, 1.165) is 37.5 Å². The predicted molar refractivity (Wildman–Crippen MR) is 195 cm³/mol. The number of ether oxygens (including phenoxy) is 1. The minimum absolute atomic E-state index is 0.0183. The third kappa shape index (κ3) is 8.34. The average molecular weight is 749 g/mol. The summed E-state index contributed by atoms with van der Waals surface area (Å²) in [5, 5.41) is 8.95. The Hall–Kier alpha value is -4.53. The first-order chi connectivity index (χ1) is 25.5. The summed E-state index contributed by atoms with van der Waals surface area (Å²) in [5.74, 6) is -2.47. The molecule has 1 saturated heterocycles. The minimum Gasteiger partial charge on any atom is -0.491 e. The van der Waals surface area contributed by atoms with Crippen LogP contribution in [0.5, 0.6) is 5.75 Å². The lowest BCUT2D eigenvalue weighted by Crippen LogP contribution is -2.58. The molecule has 53 heavy (non-hydrogen) atoms. The number of hydrogen-bond acceptors (Lipinski definition) is 9. The second-order valence-electron chi connectivity index (χ2n) is 15.1. The Balaban J connectivity index is 1.19. The van der Waals surface area contributed by atoms with E-state index in [0.29, 0.717) is 56.4 Å². The van der Waals surface area contributed by atoms with Crippen molar-refractivity contribution in [1.82, 2.24) is 30.6 Å². The van der Waals surface area contributed by atoms with Crippen molar-refractivity contribution in [2.75, 3.05) is 13.2 Å². The number of nitrogens with one attached hydrogen (secondary N) is 4. The van der Waals surface area contributed by atoms with E-state index in [1.54, 1.807) is 12.1 Å². The zero-order chi connectivity index (χ0) is 37.2. The summed E-state index contributed by atoms with van der Waals surface area (Å²) in [6.07, 6.45) is 11.7. The number of carbonyl (C=O) groups is 5. The Kier molecular flexibility index (Phi) is 10.7. The van der Waals surface area contributed by atoms with Crippen LogP contribution in [-0.4, -0.2) is 89.9 Å². The largest absolute Gasteiger partial charge is 0.491 e. The third-order valence-corrected chi connectivity index (χ3v) is 12.8. The van der Waals surface area contributed by atoms with Crippen LogP contribution >= 0.6 is 0 Å². The molecule has 1 aromatic heterocycles. The van der Waals surface area contributed by atoms with Gasteiger partial charge in [0, 0.05) is 30.3 Å². The lowest BCUT2D eigenvalue weighted by molar-refractivity contribution is -0.142. The maximum atomic E-state index is 14.4. The number of para-hydroxylation sites is 1. The fraction of sp³-hybridized carbons (Fsp3) is 0.579. The van der Waals surface area contributed by atoms with Gasteiger partial charge in [-0.1, -0.05) is 56.0 Å². The molecule has 5 amide bonds. The van der Waals surface area contributed by atoms with E-state index in [1.807, 2.05) is 30.4 Å². The molecular weight excluding hydrogens is 701 g/mol. The summed E-state index contributed by atoms with van der Waals surface area (Å²) in [6.45, 7) is 0.437. The molecule has 3 aliphatic heterocycles. The summed E-state index contributed by atoms with van der Waals surface area (Å²) in [7, 11) is -3.89. The van der Waals surface area contributed by atoms with Gasteiger partial charge in [-0.2, -0.15) is 0 Å². The maximum absolute atomic E-state index is 14.4. The van der Waals surface area contributed by atoms with E-state index in [2.05, 4.69) is 25.7 Å². The Labute approximate surface area is 309 Å². The summed E-state index contributed by atoms with van der Waals surface area (Å²) in [6, 6.07) is 6.32. The summed E-state index contributed by atoms with van der Waals surface area (Å²) < 4.78 is 33.9. The number of nitrogens with zero attached hydrogens (tertiary/aromatic N) is 2. The standard InChI is InChI=1S/C38H48N6O8S/c45-32-15-8-4-5-9-20-52-31-14-10-11-24-16-19-28(41-33(24)31)34(46)39-26-21-30-35(47)42-38(37(49)43-53(50,51)27-17-18-27)22-25(38)12-6-2-1-3-7-13-29(40-32)36(48)44(30)23-26/h6,10-12,14,16,19,25-27,29-30H,1-5,7-9,13,15,17-18,20-23H2,(H,39,46)(H,40,45)(H,42,47)(H,43,49)/b12-6-/t25-,26-,29+,30+,38-/m1/s1. The van der Waals surface area contributed by atoms with Crippen LogP contribution in [-0.2, 0) is 29.2 Å². The van der Waals surface area contributed by atoms with Gasteiger partial charge < -0.3 is 25.6 Å². The van der Waals surface area contributed by atoms with Crippen molar-refractivity contribution in [3.8, 4) is 5.75 Å². The van der Waals surface area contributed by atoms with Gasteiger partial charge in [-0.05, 0) is 69.9 Å². The third-order valence-electron chi connectivity index (χ3n) is 11.0. The molecule has 3 fully saturated rings. The predicted octanol–water partition coefficient (Wildman–Crippen LogP) is 2.77. The number of rotatable bonds is 3. The topological polar surface area (TPSA) is 193 Å². The molecule has 1 aromatic carbocycles. The molecule has 15 heteroatoms. The maximum Gasteiger partial charge on any atom is 0.270 e. The quantitative estimate of drug-likeness (QED) is 0.342. The van der Waals surface area contributed by atoms with E-state index in [-0.39, 0.29) is 37.4 Å². The van der Waals surface area contributed by atoms with Gasteiger partial charge >= 0.3 is 0 Å². The fourth-order valence-corrected chi connectivity index (χ4v) is 9.08. The smallest absolute Gasteiger partial charge is 0.270 e. The molecule has 2 aromatic rings. The lowest BCUT2D eigenvalue weighted by Gasteiger charge is -2.30. The van der Waals surface area contributed by atoms with Gasteiger partial charge in [0.2, 0.25) is 27.7 Å². The number of benzene rings is 1. The van der Waals surface area contributed by atoms with E-state index >= 15 is 0 Å². The molecule has 5 bridgehead atoms. The van der Waals surface area contributed by atoms with Crippen LogP contribution in [0.4, 0.5) is 0 Å². The average Bonchev–Trinajstić information content (AvgIpc) is 4.06. The van der Waals surface area contributed by atoms with Crippen molar-refractivity contribution >= 4 is 50.5 Å². The van der Waals surface area contributed by atoms with Crippen LogP contribution in [0.3, 0.4) is 0 Å². The highest BCUT2D eigenvalue weighted by Gasteiger charge is 2.62. The van der Waals surface area contributed by atoms with Crippen LogP contribution < -0.4 is 25.4 Å². The Morgan fingerprint density at radius 2 is 1.75 bits per heavy atom. The minimum atomic E-state index is -3.89. The van der Waals surface area contributed by atoms with Crippen molar-refractivity contribution < 1.29 is 37.1 Å². The second-order valence-corrected chi connectivity index (χ2v) is 17.0. The molecule has 5 atom stereocenters. The monoisotopic (exact) mass is 748 g/mol. The van der Waals surface area contributed by atoms with Gasteiger partial charge in [0.05, 0.1) is 11.9 Å². The van der Waals surface area contributed by atoms with E-state index in [1.165, 1.54) is 4.90 Å². The first-order valence-electron chi connectivity index (χ1n) is 19.0. The number of allylic oxidation sites excluding steroid dienone is 1.